The molecule has 1 aliphatic heterocycles. The van der Waals surface area contributed by atoms with Gasteiger partial charge in [0, 0.05) is 34.8 Å². The Kier molecular flexibility index (Phi) is 5.33. The van der Waals surface area contributed by atoms with E-state index in [4.69, 9.17) is 0 Å². The number of halogens is 1. The average molecular weight is 470 g/mol. The lowest BCUT2D eigenvalue weighted by Gasteiger charge is -2.39. The van der Waals surface area contributed by atoms with Gasteiger partial charge >= 0.3 is 0 Å². The smallest absolute Gasteiger partial charge is 0.226 e. The Morgan fingerprint density at radius 3 is 2.56 bits per heavy atom. The van der Waals surface area contributed by atoms with Gasteiger partial charge in [-0.3, -0.25) is 4.79 Å². The topological polar surface area (TPSA) is 58.1 Å². The first-order valence-electron chi connectivity index (χ1n) is 8.83. The van der Waals surface area contributed by atoms with Crippen LogP contribution in [-0.4, -0.2) is 29.0 Å². The zero-order valence-corrected chi connectivity index (χ0v) is 16.8. The third-order valence-electron chi connectivity index (χ3n) is 4.68. The van der Waals surface area contributed by atoms with Crippen LogP contribution in [0.4, 0.5) is 5.82 Å². The fraction of sp³-hybridized carbons (Fsp3) is 0.190. The van der Waals surface area contributed by atoms with E-state index in [1.165, 1.54) is 3.57 Å². The van der Waals surface area contributed by atoms with Gasteiger partial charge in [0.15, 0.2) is 0 Å². The summed E-state index contributed by atoms with van der Waals surface area (Å²) in [5, 5.41) is 3.03. The van der Waals surface area contributed by atoms with Gasteiger partial charge in [-0.1, -0.05) is 42.5 Å². The molecule has 0 radical (unpaired) electrons. The zero-order valence-electron chi connectivity index (χ0n) is 14.7. The van der Waals surface area contributed by atoms with Crippen molar-refractivity contribution in [2.45, 2.75) is 6.54 Å². The van der Waals surface area contributed by atoms with Crippen LogP contribution in [0.3, 0.4) is 0 Å². The van der Waals surface area contributed by atoms with Crippen LogP contribution in [0.1, 0.15) is 5.56 Å². The molecule has 5 nitrogen and oxygen atoms in total. The van der Waals surface area contributed by atoms with Crippen LogP contribution in [0.15, 0.2) is 67.0 Å². The molecule has 0 unspecified atom stereocenters. The SMILES string of the molecule is O=C(NCc1ccc(I)cc1)C1CN(c2cc(-c3ccccc3)ncn2)C1. The Morgan fingerprint density at radius 1 is 1.07 bits per heavy atom. The van der Waals surface area contributed by atoms with E-state index in [2.05, 4.69) is 42.8 Å². The Balaban J connectivity index is 1.32. The zero-order chi connectivity index (χ0) is 18.6. The second-order valence-corrected chi connectivity index (χ2v) is 7.82. The standard InChI is InChI=1S/C21H19IN4O/c22-18-8-6-15(7-9-18)11-23-21(27)17-12-26(13-17)20-10-19(24-14-25-20)16-4-2-1-3-5-16/h1-10,14,17H,11-13H2,(H,23,27). The van der Waals surface area contributed by atoms with Gasteiger partial charge < -0.3 is 10.2 Å². The van der Waals surface area contributed by atoms with E-state index in [-0.39, 0.29) is 11.8 Å². The molecule has 6 heteroatoms. The first-order valence-corrected chi connectivity index (χ1v) is 9.91. The number of carbonyl (C=O) groups excluding carboxylic acids is 1. The molecule has 1 N–H and O–H groups in total. The first-order chi connectivity index (χ1) is 13.2. The number of carbonyl (C=O) groups is 1. The third kappa shape index (κ3) is 4.27. The number of anilines is 1. The van der Waals surface area contributed by atoms with Gasteiger partial charge in [-0.15, -0.1) is 0 Å². The summed E-state index contributed by atoms with van der Waals surface area (Å²) in [5.74, 6) is 0.969. The summed E-state index contributed by atoms with van der Waals surface area (Å²) < 4.78 is 1.19. The lowest BCUT2D eigenvalue weighted by atomic mass is 9.99. The molecule has 27 heavy (non-hydrogen) atoms. The minimum absolute atomic E-state index is 0.00369. The Morgan fingerprint density at radius 2 is 1.81 bits per heavy atom. The highest BCUT2D eigenvalue weighted by atomic mass is 127. The summed E-state index contributed by atoms with van der Waals surface area (Å²) in [6.07, 6.45) is 1.59. The van der Waals surface area contributed by atoms with E-state index in [9.17, 15) is 4.79 Å². The summed E-state index contributed by atoms with van der Waals surface area (Å²) in [6, 6.07) is 20.2. The highest BCUT2D eigenvalue weighted by molar-refractivity contribution is 14.1. The number of nitrogens with one attached hydrogen (secondary N) is 1. The van der Waals surface area contributed by atoms with Gasteiger partial charge in [0.05, 0.1) is 11.6 Å². The molecule has 3 aromatic rings. The molecule has 0 saturated carbocycles. The molecule has 1 aliphatic rings. The predicted octanol–water partition coefficient (Wildman–Crippen LogP) is 3.50. The highest BCUT2D eigenvalue weighted by Crippen LogP contribution is 2.26. The largest absolute Gasteiger partial charge is 0.355 e. The lowest BCUT2D eigenvalue weighted by Crippen LogP contribution is -2.54. The first kappa shape index (κ1) is 17.9. The van der Waals surface area contributed by atoms with E-state index < -0.39 is 0 Å². The minimum atomic E-state index is 0.00369. The van der Waals surface area contributed by atoms with Crippen molar-refractivity contribution in [3.63, 3.8) is 0 Å². The highest BCUT2D eigenvalue weighted by Gasteiger charge is 2.33. The van der Waals surface area contributed by atoms with E-state index in [1.54, 1.807) is 6.33 Å². The van der Waals surface area contributed by atoms with Crippen molar-refractivity contribution in [3.05, 3.63) is 76.1 Å². The van der Waals surface area contributed by atoms with Crippen LogP contribution in [0.5, 0.6) is 0 Å². The van der Waals surface area contributed by atoms with Gasteiger partial charge in [-0.05, 0) is 40.3 Å². The number of benzene rings is 2. The van der Waals surface area contributed by atoms with Crippen LogP contribution in [0.2, 0.25) is 0 Å². The van der Waals surface area contributed by atoms with Crippen LogP contribution < -0.4 is 10.2 Å². The van der Waals surface area contributed by atoms with Gasteiger partial charge in [-0.2, -0.15) is 0 Å². The summed E-state index contributed by atoms with van der Waals surface area (Å²) in [5.41, 5.74) is 3.07. The summed E-state index contributed by atoms with van der Waals surface area (Å²) in [6.45, 7) is 1.94. The quantitative estimate of drug-likeness (QED) is 0.581. The monoisotopic (exact) mass is 470 g/mol. The number of aromatic nitrogens is 2. The van der Waals surface area contributed by atoms with Crippen molar-refractivity contribution in [2.24, 2.45) is 5.92 Å². The van der Waals surface area contributed by atoms with Gasteiger partial charge in [0.25, 0.3) is 0 Å². The van der Waals surface area contributed by atoms with Crippen molar-refractivity contribution < 1.29 is 4.79 Å². The van der Waals surface area contributed by atoms with E-state index >= 15 is 0 Å². The summed E-state index contributed by atoms with van der Waals surface area (Å²) in [4.78, 5) is 23.2. The lowest BCUT2D eigenvalue weighted by molar-refractivity contribution is -0.125. The van der Waals surface area contributed by atoms with Crippen LogP contribution in [-0.2, 0) is 11.3 Å². The van der Waals surface area contributed by atoms with Crippen molar-refractivity contribution in [1.82, 2.24) is 15.3 Å². The van der Waals surface area contributed by atoms with E-state index in [0.29, 0.717) is 19.6 Å². The number of hydrogen-bond acceptors (Lipinski definition) is 4. The van der Waals surface area contributed by atoms with E-state index in [1.807, 2.05) is 60.7 Å². The molecule has 0 spiro atoms. The molecular formula is C21H19IN4O. The average Bonchev–Trinajstić information content (AvgIpc) is 2.67. The molecule has 4 rings (SSSR count). The summed E-state index contributed by atoms with van der Waals surface area (Å²) >= 11 is 2.27. The Bertz CT molecular complexity index is 924. The molecular weight excluding hydrogens is 451 g/mol. The molecule has 2 heterocycles. The van der Waals surface area contributed by atoms with Gasteiger partial charge in [-0.25, -0.2) is 9.97 Å². The molecule has 1 amide bonds. The molecule has 1 fully saturated rings. The maximum absolute atomic E-state index is 12.4. The Hall–Kier alpha value is -2.48. The second kappa shape index (κ2) is 8.04. The normalized spacial score (nSPS) is 13.9. The maximum atomic E-state index is 12.4. The predicted molar refractivity (Wildman–Crippen MR) is 114 cm³/mol. The molecule has 136 valence electrons. The van der Waals surface area contributed by atoms with E-state index in [0.717, 1.165) is 22.6 Å². The number of hydrogen-bond donors (Lipinski definition) is 1. The van der Waals surface area contributed by atoms with Crippen LogP contribution in [0.25, 0.3) is 11.3 Å². The van der Waals surface area contributed by atoms with Crippen LogP contribution in [0, 0.1) is 9.49 Å². The molecule has 1 saturated heterocycles. The molecule has 0 bridgehead atoms. The van der Waals surface area contributed by atoms with Crippen molar-refractivity contribution in [1.29, 1.82) is 0 Å². The van der Waals surface area contributed by atoms with Crippen molar-refractivity contribution in [3.8, 4) is 11.3 Å². The van der Waals surface area contributed by atoms with Crippen LogP contribution >= 0.6 is 22.6 Å². The Labute approximate surface area is 172 Å². The van der Waals surface area contributed by atoms with Gasteiger partial charge in [0.2, 0.25) is 5.91 Å². The van der Waals surface area contributed by atoms with Gasteiger partial charge in [0.1, 0.15) is 12.1 Å². The molecule has 2 aromatic carbocycles. The number of amides is 1. The number of rotatable bonds is 5. The second-order valence-electron chi connectivity index (χ2n) is 6.57. The van der Waals surface area contributed by atoms with Crippen molar-refractivity contribution >= 4 is 34.3 Å². The molecule has 1 aromatic heterocycles. The fourth-order valence-electron chi connectivity index (χ4n) is 3.05. The third-order valence-corrected chi connectivity index (χ3v) is 5.40. The molecule has 0 atom stereocenters. The fourth-order valence-corrected chi connectivity index (χ4v) is 3.41. The van der Waals surface area contributed by atoms with Crippen molar-refractivity contribution in [2.75, 3.05) is 18.0 Å². The molecule has 0 aliphatic carbocycles. The summed E-state index contributed by atoms with van der Waals surface area (Å²) in [7, 11) is 0. The minimum Gasteiger partial charge on any atom is -0.355 e. The maximum Gasteiger partial charge on any atom is 0.226 e. The number of nitrogens with zero attached hydrogens (tertiary/aromatic N) is 3.